The van der Waals surface area contributed by atoms with Crippen molar-refractivity contribution in [1.82, 2.24) is 15.6 Å². The molecule has 8 heteroatoms. The molecule has 1 aromatic heterocycles. The quantitative estimate of drug-likeness (QED) is 0.384. The molecule has 0 unspecified atom stereocenters. The number of aliphatic hydroxyl groups excluding tert-OH is 1. The van der Waals surface area contributed by atoms with Crippen LogP contribution in [0.15, 0.2) is 48.8 Å². The Labute approximate surface area is 187 Å². The van der Waals surface area contributed by atoms with Crippen molar-refractivity contribution in [3.8, 4) is 0 Å². The maximum atomic E-state index is 12.5. The van der Waals surface area contributed by atoms with Crippen LogP contribution in [0, 0.1) is 0 Å². The second-order valence-corrected chi connectivity index (χ2v) is 7.78. The fourth-order valence-corrected chi connectivity index (χ4v) is 3.63. The number of carbonyl (C=O) groups excluding carboxylic acids is 3. The van der Waals surface area contributed by atoms with E-state index in [0.29, 0.717) is 24.3 Å². The van der Waals surface area contributed by atoms with E-state index in [0.717, 1.165) is 12.8 Å². The van der Waals surface area contributed by atoms with E-state index in [1.807, 2.05) is 0 Å². The van der Waals surface area contributed by atoms with Crippen molar-refractivity contribution in [2.45, 2.75) is 44.2 Å². The topological polar surface area (TPSA) is 118 Å². The average molecular weight is 440 g/mol. The van der Waals surface area contributed by atoms with Crippen molar-refractivity contribution in [2.75, 3.05) is 19.8 Å². The summed E-state index contributed by atoms with van der Waals surface area (Å²) < 4.78 is 5.76. The van der Waals surface area contributed by atoms with E-state index in [4.69, 9.17) is 4.74 Å². The van der Waals surface area contributed by atoms with Gasteiger partial charge in [0, 0.05) is 35.6 Å². The number of ether oxygens (including phenoxy) is 1. The molecule has 0 saturated heterocycles. The lowest BCUT2D eigenvalue weighted by Gasteiger charge is -2.22. The Kier molecular flexibility index (Phi) is 8.89. The summed E-state index contributed by atoms with van der Waals surface area (Å²) >= 11 is 0. The van der Waals surface area contributed by atoms with Crippen LogP contribution in [0.2, 0.25) is 0 Å². The van der Waals surface area contributed by atoms with Crippen LogP contribution < -0.4 is 10.6 Å². The molecule has 0 spiro atoms. The fourth-order valence-electron chi connectivity index (χ4n) is 3.63. The van der Waals surface area contributed by atoms with Crippen molar-refractivity contribution >= 4 is 17.6 Å². The molecule has 1 heterocycles. The minimum atomic E-state index is -1.08. The number of nitrogens with one attached hydrogen (secondary N) is 2. The Hall–Kier alpha value is -3.10. The second-order valence-electron chi connectivity index (χ2n) is 7.78. The Morgan fingerprint density at radius 1 is 1.03 bits per heavy atom. The van der Waals surface area contributed by atoms with E-state index in [2.05, 4.69) is 15.6 Å². The number of pyridine rings is 1. The van der Waals surface area contributed by atoms with Crippen molar-refractivity contribution < 1.29 is 24.2 Å². The molecule has 1 aromatic carbocycles. The van der Waals surface area contributed by atoms with Crippen molar-refractivity contribution in [3.05, 3.63) is 65.5 Å². The summed E-state index contributed by atoms with van der Waals surface area (Å²) in [5.41, 5.74) is 1.15. The number of amides is 2. The number of aliphatic hydroxyl groups is 1. The van der Waals surface area contributed by atoms with Crippen LogP contribution >= 0.6 is 0 Å². The van der Waals surface area contributed by atoms with E-state index >= 15 is 0 Å². The SMILES string of the molecule is O=C(N[C@@H](CO)C(=O)NCCOC1CCCCC1)c1ccc(C(=O)c2cccnc2)cc1. The molecule has 3 N–H and O–H groups in total. The largest absolute Gasteiger partial charge is 0.394 e. The van der Waals surface area contributed by atoms with Gasteiger partial charge < -0.3 is 20.5 Å². The van der Waals surface area contributed by atoms with E-state index in [1.165, 1.54) is 37.6 Å². The number of aromatic nitrogens is 1. The fraction of sp³-hybridized carbons (Fsp3) is 0.417. The lowest BCUT2D eigenvalue weighted by atomic mass is 9.98. The third-order valence-corrected chi connectivity index (χ3v) is 5.44. The molecule has 2 amide bonds. The van der Waals surface area contributed by atoms with Gasteiger partial charge >= 0.3 is 0 Å². The molecule has 1 aliphatic carbocycles. The summed E-state index contributed by atoms with van der Waals surface area (Å²) in [6.45, 7) is 0.181. The Morgan fingerprint density at radius 2 is 1.75 bits per heavy atom. The molecule has 32 heavy (non-hydrogen) atoms. The molecule has 1 fully saturated rings. The number of benzene rings is 1. The van der Waals surface area contributed by atoms with Crippen LogP contribution in [0.1, 0.15) is 58.4 Å². The lowest BCUT2D eigenvalue weighted by Crippen LogP contribution is -2.49. The molecule has 0 radical (unpaired) electrons. The molecule has 1 aliphatic rings. The molecular weight excluding hydrogens is 410 g/mol. The Bertz CT molecular complexity index is 896. The van der Waals surface area contributed by atoms with Crippen molar-refractivity contribution in [3.63, 3.8) is 0 Å². The number of ketones is 1. The second kappa shape index (κ2) is 12.1. The molecule has 0 bridgehead atoms. The smallest absolute Gasteiger partial charge is 0.251 e. The maximum Gasteiger partial charge on any atom is 0.251 e. The van der Waals surface area contributed by atoms with Crippen LogP contribution in [0.3, 0.4) is 0 Å². The van der Waals surface area contributed by atoms with Crippen LogP contribution in [0.25, 0.3) is 0 Å². The summed E-state index contributed by atoms with van der Waals surface area (Å²) in [6.07, 6.45) is 9.02. The first-order valence-corrected chi connectivity index (χ1v) is 10.9. The number of hydrogen-bond acceptors (Lipinski definition) is 6. The minimum Gasteiger partial charge on any atom is -0.394 e. The average Bonchev–Trinajstić information content (AvgIpc) is 2.85. The first kappa shape index (κ1) is 23.6. The molecule has 0 aliphatic heterocycles. The standard InChI is InChI=1S/C24H29N3O5/c28-16-21(24(31)26-13-14-32-20-6-2-1-3-7-20)27-23(30)18-10-8-17(9-11-18)22(29)19-5-4-12-25-15-19/h4-5,8-12,15,20-21,28H,1-3,6-7,13-14,16H2,(H,26,31)(H,27,30)/t21-/m0/s1. The van der Waals surface area contributed by atoms with Gasteiger partial charge in [0.1, 0.15) is 6.04 Å². The number of nitrogens with zero attached hydrogens (tertiary/aromatic N) is 1. The predicted octanol–water partition coefficient (Wildman–Crippen LogP) is 1.87. The van der Waals surface area contributed by atoms with Gasteiger partial charge in [0.2, 0.25) is 5.91 Å². The molecule has 8 nitrogen and oxygen atoms in total. The lowest BCUT2D eigenvalue weighted by molar-refractivity contribution is -0.124. The first-order chi connectivity index (χ1) is 15.6. The van der Waals surface area contributed by atoms with Crippen LogP contribution in [0.4, 0.5) is 0 Å². The maximum absolute atomic E-state index is 12.5. The zero-order valence-electron chi connectivity index (χ0n) is 18.0. The van der Waals surface area contributed by atoms with Gasteiger partial charge in [-0.15, -0.1) is 0 Å². The molecule has 1 saturated carbocycles. The first-order valence-electron chi connectivity index (χ1n) is 10.9. The number of rotatable bonds is 10. The summed E-state index contributed by atoms with van der Waals surface area (Å²) in [5.74, 6) is -1.19. The molecule has 170 valence electrons. The summed E-state index contributed by atoms with van der Waals surface area (Å²) in [5, 5.41) is 14.7. The zero-order chi connectivity index (χ0) is 22.8. The van der Waals surface area contributed by atoms with Gasteiger partial charge in [-0.25, -0.2) is 0 Å². The molecular formula is C24H29N3O5. The van der Waals surface area contributed by atoms with Gasteiger partial charge in [-0.2, -0.15) is 0 Å². The van der Waals surface area contributed by atoms with Gasteiger partial charge in [0.25, 0.3) is 5.91 Å². The summed E-state index contributed by atoms with van der Waals surface area (Å²) in [4.78, 5) is 41.1. The Balaban J connectivity index is 1.47. The number of hydrogen-bond donors (Lipinski definition) is 3. The van der Waals surface area contributed by atoms with Gasteiger partial charge in [0.15, 0.2) is 5.78 Å². The van der Waals surface area contributed by atoms with Gasteiger partial charge in [-0.05, 0) is 37.1 Å². The van der Waals surface area contributed by atoms with Crippen LogP contribution in [-0.4, -0.2) is 59.6 Å². The zero-order valence-corrected chi connectivity index (χ0v) is 18.0. The van der Waals surface area contributed by atoms with Crippen LogP contribution in [0.5, 0.6) is 0 Å². The highest BCUT2D eigenvalue weighted by Crippen LogP contribution is 2.19. The number of carbonyl (C=O) groups is 3. The minimum absolute atomic E-state index is 0.201. The van der Waals surface area contributed by atoms with Gasteiger partial charge in [-0.1, -0.05) is 31.4 Å². The third-order valence-electron chi connectivity index (χ3n) is 5.44. The third kappa shape index (κ3) is 6.70. The van der Waals surface area contributed by atoms with E-state index < -0.39 is 24.5 Å². The summed E-state index contributed by atoms with van der Waals surface area (Å²) in [6, 6.07) is 8.36. The molecule has 1 atom stereocenters. The van der Waals surface area contributed by atoms with Gasteiger partial charge in [0.05, 0.1) is 19.3 Å². The normalized spacial score (nSPS) is 15.0. The van der Waals surface area contributed by atoms with E-state index in [1.54, 1.807) is 30.5 Å². The highest BCUT2D eigenvalue weighted by Gasteiger charge is 2.21. The van der Waals surface area contributed by atoms with E-state index in [-0.39, 0.29) is 17.5 Å². The van der Waals surface area contributed by atoms with Crippen molar-refractivity contribution in [1.29, 1.82) is 0 Å². The van der Waals surface area contributed by atoms with Gasteiger partial charge in [-0.3, -0.25) is 19.4 Å². The predicted molar refractivity (Wildman–Crippen MR) is 118 cm³/mol. The van der Waals surface area contributed by atoms with E-state index in [9.17, 15) is 19.5 Å². The molecule has 2 aromatic rings. The highest BCUT2D eigenvalue weighted by molar-refractivity contribution is 6.09. The molecule has 3 rings (SSSR count). The van der Waals surface area contributed by atoms with Crippen LogP contribution in [-0.2, 0) is 9.53 Å². The monoisotopic (exact) mass is 439 g/mol. The highest BCUT2D eigenvalue weighted by atomic mass is 16.5. The Morgan fingerprint density at radius 3 is 2.41 bits per heavy atom. The summed E-state index contributed by atoms with van der Waals surface area (Å²) in [7, 11) is 0. The van der Waals surface area contributed by atoms with Crippen molar-refractivity contribution in [2.24, 2.45) is 0 Å².